The second-order valence-electron chi connectivity index (χ2n) is 9.57. The van der Waals surface area contributed by atoms with Gasteiger partial charge in [0.25, 0.3) is 0 Å². The molecule has 0 spiro atoms. The average molecular weight is 539 g/mol. The number of carbonyl (C=O) groups excluding carboxylic acids is 2. The van der Waals surface area contributed by atoms with E-state index in [-0.39, 0.29) is 57.4 Å². The van der Waals surface area contributed by atoms with Crippen LogP contribution < -0.4 is 10.1 Å². The number of benzene rings is 1. The predicted molar refractivity (Wildman–Crippen MR) is 135 cm³/mol. The van der Waals surface area contributed by atoms with Crippen LogP contribution >= 0.6 is 0 Å². The van der Waals surface area contributed by atoms with Crippen molar-refractivity contribution in [3.05, 3.63) is 34.7 Å². The third-order valence-corrected chi connectivity index (χ3v) is 5.96. The molecule has 2 aliphatic rings. The number of hydrogen-bond acceptors (Lipinski definition) is 10. The molecule has 0 aromatic heterocycles. The molecule has 13 nitrogen and oxygen atoms in total. The minimum Gasteiger partial charge on any atom is -0.491 e. The van der Waals surface area contributed by atoms with Crippen LogP contribution in [0.4, 0.5) is 4.79 Å². The van der Waals surface area contributed by atoms with Crippen LogP contribution in [0.1, 0.15) is 25.8 Å². The van der Waals surface area contributed by atoms with Crippen molar-refractivity contribution in [3.8, 4) is 5.75 Å². The third-order valence-electron chi connectivity index (χ3n) is 5.96. The topological polar surface area (TPSA) is 148 Å². The summed E-state index contributed by atoms with van der Waals surface area (Å²) in [6, 6.07) is 6.94. The van der Waals surface area contributed by atoms with E-state index in [4.69, 9.17) is 23.7 Å². The largest absolute Gasteiger partial charge is 0.491 e. The number of hydrogen-bond donors (Lipinski definition) is 2. The molecule has 2 amide bonds. The van der Waals surface area contributed by atoms with Gasteiger partial charge in [0.2, 0.25) is 0 Å². The lowest BCUT2D eigenvalue weighted by atomic mass is 10.1. The van der Waals surface area contributed by atoms with E-state index in [0.29, 0.717) is 45.1 Å². The number of amides is 2. The molecular formula is C25H38N4O9. The van der Waals surface area contributed by atoms with Crippen LogP contribution in [0.5, 0.6) is 5.75 Å². The first-order chi connectivity index (χ1) is 18.2. The van der Waals surface area contributed by atoms with E-state index in [2.05, 4.69) is 10.6 Å². The van der Waals surface area contributed by atoms with Gasteiger partial charge in [0, 0.05) is 26.1 Å². The maximum Gasteiger partial charge on any atom is 0.317 e. The first kappa shape index (κ1) is 29.6. The van der Waals surface area contributed by atoms with Crippen LogP contribution in [0.15, 0.2) is 29.6 Å². The number of esters is 1. The summed E-state index contributed by atoms with van der Waals surface area (Å²) in [6.45, 7) is 6.55. The molecular weight excluding hydrogens is 500 g/mol. The molecule has 0 saturated carbocycles. The standard InChI is InChI=1S/C25H38N4O9/c1-25(2)37-18-22(38-25)17-36-23(31)8-5-19-3-6-21(7-4-19)35-16-20(30)15-29(27-33)10-9-26-24(32)28-11-13-34-14-12-28/h3-4,6-7,20,22,30H,5,8-18H2,1-2H3,(H,26,32)/t20-,22+/m1/s1. The summed E-state index contributed by atoms with van der Waals surface area (Å²) in [6.07, 6.45) is -0.470. The van der Waals surface area contributed by atoms with Crippen molar-refractivity contribution in [1.82, 2.24) is 15.2 Å². The molecule has 0 radical (unpaired) electrons. The van der Waals surface area contributed by atoms with Gasteiger partial charge in [-0.3, -0.25) is 9.80 Å². The van der Waals surface area contributed by atoms with Crippen molar-refractivity contribution in [2.75, 3.05) is 65.8 Å². The Balaban J connectivity index is 1.28. The van der Waals surface area contributed by atoms with Crippen LogP contribution in [0.3, 0.4) is 0 Å². The van der Waals surface area contributed by atoms with Crippen molar-refractivity contribution in [2.24, 2.45) is 5.29 Å². The second-order valence-corrected chi connectivity index (χ2v) is 9.57. The summed E-state index contributed by atoms with van der Waals surface area (Å²) in [5.74, 6) is -0.417. The fraction of sp³-hybridized carbons (Fsp3) is 0.680. The summed E-state index contributed by atoms with van der Waals surface area (Å²) in [4.78, 5) is 36.9. The van der Waals surface area contributed by atoms with Crippen molar-refractivity contribution in [1.29, 1.82) is 0 Å². The third kappa shape index (κ3) is 10.4. The monoisotopic (exact) mass is 538 g/mol. The Morgan fingerprint density at radius 2 is 2.00 bits per heavy atom. The Morgan fingerprint density at radius 3 is 2.66 bits per heavy atom. The number of aliphatic hydroxyl groups excluding tert-OH is 1. The second kappa shape index (κ2) is 14.8. The van der Waals surface area contributed by atoms with Gasteiger partial charge in [-0.25, -0.2) is 4.79 Å². The lowest BCUT2D eigenvalue weighted by molar-refractivity contribution is -0.158. The lowest BCUT2D eigenvalue weighted by Crippen LogP contribution is -2.47. The zero-order chi connectivity index (χ0) is 27.4. The Kier molecular flexibility index (Phi) is 11.5. The highest BCUT2D eigenvalue weighted by atomic mass is 16.7. The summed E-state index contributed by atoms with van der Waals surface area (Å²) >= 11 is 0. The summed E-state index contributed by atoms with van der Waals surface area (Å²) in [5, 5.41) is 17.0. The molecule has 0 unspecified atom stereocenters. The van der Waals surface area contributed by atoms with E-state index >= 15 is 0 Å². The van der Waals surface area contributed by atoms with Gasteiger partial charge in [-0.15, -0.1) is 4.91 Å². The molecule has 2 heterocycles. The Hall–Kier alpha value is -3.00. The van der Waals surface area contributed by atoms with Gasteiger partial charge in [0.05, 0.1) is 38.2 Å². The Labute approximate surface area is 222 Å². The molecule has 38 heavy (non-hydrogen) atoms. The molecule has 13 heteroatoms. The zero-order valence-electron chi connectivity index (χ0n) is 22.0. The number of nitrogens with zero attached hydrogens (tertiary/aromatic N) is 3. The molecule has 212 valence electrons. The molecule has 0 bridgehead atoms. The van der Waals surface area contributed by atoms with E-state index in [1.165, 1.54) is 0 Å². The van der Waals surface area contributed by atoms with Crippen LogP contribution in [0.2, 0.25) is 0 Å². The molecule has 2 atom stereocenters. The van der Waals surface area contributed by atoms with Crippen molar-refractivity contribution in [3.63, 3.8) is 0 Å². The maximum absolute atomic E-state index is 12.1. The van der Waals surface area contributed by atoms with Crippen molar-refractivity contribution in [2.45, 2.75) is 44.7 Å². The number of nitroso groups, excluding NO2 is 1. The van der Waals surface area contributed by atoms with Crippen LogP contribution in [-0.4, -0.2) is 111 Å². The normalized spacial score (nSPS) is 19.4. The van der Waals surface area contributed by atoms with Gasteiger partial charge in [-0.1, -0.05) is 12.1 Å². The van der Waals surface area contributed by atoms with Crippen LogP contribution in [0.25, 0.3) is 0 Å². The van der Waals surface area contributed by atoms with E-state index in [1.54, 1.807) is 17.0 Å². The predicted octanol–water partition coefficient (Wildman–Crippen LogP) is 1.08. The van der Waals surface area contributed by atoms with Crippen molar-refractivity contribution < 1.29 is 38.4 Å². The minimum atomic E-state index is -0.961. The molecule has 0 aliphatic carbocycles. The Morgan fingerprint density at radius 1 is 1.26 bits per heavy atom. The molecule has 1 aromatic rings. The molecule has 2 fully saturated rings. The highest BCUT2D eigenvalue weighted by molar-refractivity contribution is 5.74. The fourth-order valence-corrected chi connectivity index (χ4v) is 3.93. The van der Waals surface area contributed by atoms with Gasteiger partial charge in [0.15, 0.2) is 5.79 Å². The molecule has 2 saturated heterocycles. The number of carbonyl (C=O) groups is 2. The number of nitrogens with one attached hydrogen (secondary N) is 1. The number of aliphatic hydroxyl groups is 1. The molecule has 2 N–H and O–H groups in total. The van der Waals surface area contributed by atoms with Gasteiger partial charge in [-0.05, 0) is 38.0 Å². The number of urea groups is 1. The van der Waals surface area contributed by atoms with Crippen LogP contribution in [-0.2, 0) is 30.2 Å². The van der Waals surface area contributed by atoms with E-state index in [9.17, 15) is 19.6 Å². The van der Waals surface area contributed by atoms with Crippen molar-refractivity contribution >= 4 is 12.0 Å². The molecule has 3 rings (SSSR count). The number of aryl methyl sites for hydroxylation is 1. The fourth-order valence-electron chi connectivity index (χ4n) is 3.93. The van der Waals surface area contributed by atoms with Gasteiger partial charge >= 0.3 is 12.0 Å². The minimum absolute atomic E-state index is 0.0351. The van der Waals surface area contributed by atoms with Gasteiger partial charge < -0.3 is 39.0 Å². The molecule has 1 aromatic carbocycles. The molecule has 2 aliphatic heterocycles. The summed E-state index contributed by atoms with van der Waals surface area (Å²) in [7, 11) is 0. The first-order valence-corrected chi connectivity index (χ1v) is 12.8. The van der Waals surface area contributed by atoms with E-state index < -0.39 is 11.9 Å². The number of ether oxygens (including phenoxy) is 5. The van der Waals surface area contributed by atoms with E-state index in [1.807, 2.05) is 26.0 Å². The van der Waals surface area contributed by atoms with Gasteiger partial charge in [0.1, 0.15) is 31.2 Å². The number of rotatable bonds is 14. The summed E-state index contributed by atoms with van der Waals surface area (Å²) < 4.78 is 27.2. The van der Waals surface area contributed by atoms with Gasteiger partial charge in [-0.2, -0.15) is 0 Å². The first-order valence-electron chi connectivity index (χ1n) is 12.8. The van der Waals surface area contributed by atoms with E-state index in [0.717, 1.165) is 10.6 Å². The zero-order valence-corrected chi connectivity index (χ0v) is 22.0. The maximum atomic E-state index is 12.1. The van der Waals surface area contributed by atoms with Crippen LogP contribution in [0, 0.1) is 4.91 Å². The highest BCUT2D eigenvalue weighted by Crippen LogP contribution is 2.22. The number of morpholine rings is 1. The average Bonchev–Trinajstić information content (AvgIpc) is 3.28. The quantitative estimate of drug-likeness (QED) is 0.200. The Bertz CT molecular complexity index is 893. The lowest BCUT2D eigenvalue weighted by Gasteiger charge is -2.27. The highest BCUT2D eigenvalue weighted by Gasteiger charge is 2.33. The SMILES string of the molecule is CC1(C)OC[C@H](COC(=O)CCc2ccc(OC[C@H](O)CN(CCNC(=O)N3CCOCC3)N=O)cc2)O1. The summed E-state index contributed by atoms with van der Waals surface area (Å²) in [5.41, 5.74) is 0.937. The smallest absolute Gasteiger partial charge is 0.317 e.